The largest absolute Gasteiger partial charge is 0.455 e. The fourth-order valence-corrected chi connectivity index (χ4v) is 9.55. The molecule has 66 heavy (non-hydrogen) atoms. The van der Waals surface area contributed by atoms with Crippen molar-refractivity contribution in [1.29, 1.82) is 0 Å². The van der Waals surface area contributed by atoms with Gasteiger partial charge in [-0.1, -0.05) is 194 Å². The Labute approximate surface area is 384 Å². The molecule has 2 nitrogen and oxygen atoms in total. The molecule has 12 aromatic rings. The van der Waals surface area contributed by atoms with E-state index >= 15 is 0 Å². The van der Waals surface area contributed by atoms with Crippen molar-refractivity contribution in [2.24, 2.45) is 0 Å². The minimum atomic E-state index is 0.901. The van der Waals surface area contributed by atoms with Crippen LogP contribution in [0.15, 0.2) is 265 Å². The zero-order valence-corrected chi connectivity index (χ0v) is 36.2. The summed E-state index contributed by atoms with van der Waals surface area (Å²) >= 11 is 0. The third kappa shape index (κ3) is 7.31. The van der Waals surface area contributed by atoms with Crippen LogP contribution in [0.5, 0.6) is 0 Å². The summed E-state index contributed by atoms with van der Waals surface area (Å²) in [6.07, 6.45) is 0. The maximum Gasteiger partial charge on any atom is 0.143 e. The number of anilines is 3. The molecule has 1 aromatic heterocycles. The molecular weight excluding hydrogens is 799 g/mol. The highest BCUT2D eigenvalue weighted by atomic mass is 16.3. The number of para-hydroxylation sites is 2. The molecule has 0 aliphatic heterocycles. The van der Waals surface area contributed by atoms with Gasteiger partial charge < -0.3 is 9.32 Å². The summed E-state index contributed by atoms with van der Waals surface area (Å²) in [5, 5.41) is 4.76. The van der Waals surface area contributed by atoms with E-state index in [1.807, 2.05) is 12.1 Å². The van der Waals surface area contributed by atoms with Crippen molar-refractivity contribution in [2.75, 3.05) is 4.90 Å². The quantitative estimate of drug-likeness (QED) is 0.144. The Morgan fingerprint density at radius 1 is 0.242 bits per heavy atom. The summed E-state index contributed by atoms with van der Waals surface area (Å²) in [6, 6.07) is 93.8. The number of fused-ring (bicyclic) bond motifs is 4. The molecule has 0 saturated carbocycles. The van der Waals surface area contributed by atoms with E-state index in [2.05, 4.69) is 254 Å². The van der Waals surface area contributed by atoms with Crippen LogP contribution in [-0.2, 0) is 0 Å². The number of hydrogen-bond donors (Lipinski definition) is 0. The Bertz CT molecular complexity index is 3600. The summed E-state index contributed by atoms with van der Waals surface area (Å²) in [5.41, 5.74) is 19.1. The normalized spacial score (nSPS) is 11.3. The van der Waals surface area contributed by atoms with E-state index in [0.29, 0.717) is 0 Å². The molecule has 2 heteroatoms. The predicted octanol–water partition coefficient (Wildman–Crippen LogP) is 18.2. The van der Waals surface area contributed by atoms with Crippen LogP contribution in [0.4, 0.5) is 17.1 Å². The second-order valence-electron chi connectivity index (χ2n) is 16.9. The lowest BCUT2D eigenvalue weighted by atomic mass is 9.93. The number of nitrogens with zero attached hydrogens (tertiary/aromatic N) is 1. The van der Waals surface area contributed by atoms with Crippen LogP contribution in [0.1, 0.15) is 0 Å². The Hall–Kier alpha value is -8.72. The highest BCUT2D eigenvalue weighted by Gasteiger charge is 2.17. The van der Waals surface area contributed by atoms with E-state index in [4.69, 9.17) is 4.42 Å². The number of rotatable bonds is 9. The first-order chi connectivity index (χ1) is 32.7. The SMILES string of the molecule is c1ccc(-c2cc(-c3ccccc3)cc(-c3ccc(N(c4ccc(-c5cccc(-c6cccc7ccccc67)c5)cc4)c4ccc(-c5cccc6c5oc5ccccc56)cc4)cc3)c2)cc1. The highest BCUT2D eigenvalue weighted by Crippen LogP contribution is 2.41. The molecular formula is C64H43NO. The second kappa shape index (κ2) is 16.8. The Morgan fingerprint density at radius 2 is 0.652 bits per heavy atom. The van der Waals surface area contributed by atoms with Crippen LogP contribution in [0, 0.1) is 0 Å². The molecule has 0 saturated heterocycles. The number of benzene rings is 11. The first-order valence-electron chi connectivity index (χ1n) is 22.6. The molecule has 0 bridgehead atoms. The molecule has 0 atom stereocenters. The standard InChI is InChI=1S/C64H43NO/c1-3-14-44(15-4-1)52-41-53(45-16-5-2-6-17-45)43-54(42-52)47-30-36-56(37-31-47)65(57-38-32-49(33-39-57)60-25-13-26-62-61-23-9-10-27-63(61)66-64(60)62)55-34-28-46(29-35-55)50-20-11-21-51(40-50)59-24-12-19-48-18-7-8-22-58(48)59/h1-43H. The molecule has 0 amide bonds. The molecule has 1 heterocycles. The van der Waals surface area contributed by atoms with Gasteiger partial charge in [-0.25, -0.2) is 0 Å². The van der Waals surface area contributed by atoms with Gasteiger partial charge in [0.05, 0.1) is 0 Å². The van der Waals surface area contributed by atoms with Gasteiger partial charge in [0.15, 0.2) is 0 Å². The zero-order chi connectivity index (χ0) is 43.8. The average Bonchev–Trinajstić information content (AvgIpc) is 3.79. The minimum Gasteiger partial charge on any atom is -0.455 e. The van der Waals surface area contributed by atoms with Gasteiger partial charge in [0.2, 0.25) is 0 Å². The Morgan fingerprint density at radius 3 is 1.29 bits per heavy atom. The highest BCUT2D eigenvalue weighted by molar-refractivity contribution is 6.09. The van der Waals surface area contributed by atoms with Gasteiger partial charge in [-0.2, -0.15) is 0 Å². The number of furan rings is 1. The first-order valence-corrected chi connectivity index (χ1v) is 22.6. The van der Waals surface area contributed by atoms with Gasteiger partial charge >= 0.3 is 0 Å². The van der Waals surface area contributed by atoms with Crippen molar-refractivity contribution in [3.8, 4) is 66.8 Å². The van der Waals surface area contributed by atoms with Crippen LogP contribution >= 0.6 is 0 Å². The molecule has 0 aliphatic rings. The molecule has 0 N–H and O–H groups in total. The zero-order valence-electron chi connectivity index (χ0n) is 36.2. The van der Waals surface area contributed by atoms with Crippen molar-refractivity contribution in [3.63, 3.8) is 0 Å². The van der Waals surface area contributed by atoms with Crippen molar-refractivity contribution in [3.05, 3.63) is 261 Å². The molecule has 0 radical (unpaired) electrons. The predicted molar refractivity (Wildman–Crippen MR) is 279 cm³/mol. The number of hydrogen-bond acceptors (Lipinski definition) is 2. The van der Waals surface area contributed by atoms with E-state index in [-0.39, 0.29) is 0 Å². The molecule has 12 rings (SSSR count). The monoisotopic (exact) mass is 841 g/mol. The van der Waals surface area contributed by atoms with Crippen LogP contribution in [0.3, 0.4) is 0 Å². The molecule has 310 valence electrons. The van der Waals surface area contributed by atoms with Gasteiger partial charge in [0.1, 0.15) is 11.2 Å². The van der Waals surface area contributed by atoms with E-state index < -0.39 is 0 Å². The van der Waals surface area contributed by atoms with Crippen molar-refractivity contribution >= 4 is 49.8 Å². The maximum atomic E-state index is 6.46. The third-order valence-electron chi connectivity index (χ3n) is 12.9. The van der Waals surface area contributed by atoms with E-state index in [1.165, 1.54) is 55.3 Å². The summed E-state index contributed by atoms with van der Waals surface area (Å²) < 4.78 is 6.46. The smallest absolute Gasteiger partial charge is 0.143 e. The van der Waals surface area contributed by atoms with Gasteiger partial charge in [0.25, 0.3) is 0 Å². The molecule has 11 aromatic carbocycles. The lowest BCUT2D eigenvalue weighted by Crippen LogP contribution is -2.09. The van der Waals surface area contributed by atoms with Gasteiger partial charge in [0, 0.05) is 33.4 Å². The van der Waals surface area contributed by atoms with Crippen LogP contribution in [0.2, 0.25) is 0 Å². The lowest BCUT2D eigenvalue weighted by molar-refractivity contribution is 0.670. The fraction of sp³-hybridized carbons (Fsp3) is 0. The molecule has 0 aliphatic carbocycles. The molecule has 0 unspecified atom stereocenters. The van der Waals surface area contributed by atoms with E-state index in [0.717, 1.165) is 61.3 Å². The first kappa shape index (κ1) is 38.9. The maximum absolute atomic E-state index is 6.46. The van der Waals surface area contributed by atoms with Crippen LogP contribution < -0.4 is 4.90 Å². The van der Waals surface area contributed by atoms with Crippen LogP contribution in [0.25, 0.3) is 99.5 Å². The van der Waals surface area contributed by atoms with Crippen molar-refractivity contribution < 1.29 is 4.42 Å². The lowest BCUT2D eigenvalue weighted by Gasteiger charge is -2.26. The summed E-state index contributed by atoms with van der Waals surface area (Å²) in [4.78, 5) is 2.35. The molecule has 0 spiro atoms. The van der Waals surface area contributed by atoms with Gasteiger partial charge in [-0.05, 0) is 139 Å². The van der Waals surface area contributed by atoms with Gasteiger partial charge in [-0.3, -0.25) is 0 Å². The fourth-order valence-electron chi connectivity index (χ4n) is 9.55. The Kier molecular flexibility index (Phi) is 9.89. The third-order valence-corrected chi connectivity index (χ3v) is 12.9. The summed E-state index contributed by atoms with van der Waals surface area (Å²) in [7, 11) is 0. The van der Waals surface area contributed by atoms with Crippen molar-refractivity contribution in [1.82, 2.24) is 0 Å². The van der Waals surface area contributed by atoms with Crippen LogP contribution in [-0.4, -0.2) is 0 Å². The van der Waals surface area contributed by atoms with Crippen molar-refractivity contribution in [2.45, 2.75) is 0 Å². The van der Waals surface area contributed by atoms with E-state index in [1.54, 1.807) is 0 Å². The van der Waals surface area contributed by atoms with Gasteiger partial charge in [-0.15, -0.1) is 0 Å². The summed E-state index contributed by atoms with van der Waals surface area (Å²) in [6.45, 7) is 0. The molecule has 0 fully saturated rings. The average molecular weight is 842 g/mol. The topological polar surface area (TPSA) is 16.4 Å². The van der Waals surface area contributed by atoms with E-state index in [9.17, 15) is 0 Å². The summed E-state index contributed by atoms with van der Waals surface area (Å²) in [5.74, 6) is 0. The second-order valence-corrected chi connectivity index (χ2v) is 16.9. The Balaban J connectivity index is 0.930. The minimum absolute atomic E-state index is 0.901.